The number of rotatable bonds is 3. The van der Waals surface area contributed by atoms with E-state index in [0.717, 1.165) is 8.95 Å². The van der Waals surface area contributed by atoms with Crippen molar-refractivity contribution < 1.29 is 4.39 Å². The first kappa shape index (κ1) is 12.5. The highest BCUT2D eigenvalue weighted by atomic mass is 79.9. The van der Waals surface area contributed by atoms with Crippen LogP contribution in [0.25, 0.3) is 0 Å². The Morgan fingerprint density at radius 1 is 1.24 bits per heavy atom. The Morgan fingerprint density at radius 2 is 2.06 bits per heavy atom. The van der Waals surface area contributed by atoms with Gasteiger partial charge >= 0.3 is 0 Å². The minimum Gasteiger partial charge on any atom is -0.365 e. The van der Waals surface area contributed by atoms with E-state index in [1.54, 1.807) is 18.3 Å². The van der Waals surface area contributed by atoms with Gasteiger partial charge in [-0.15, -0.1) is 0 Å². The van der Waals surface area contributed by atoms with E-state index in [-0.39, 0.29) is 5.82 Å². The topological polar surface area (TPSA) is 24.9 Å². The number of pyridine rings is 1. The van der Waals surface area contributed by atoms with Crippen molar-refractivity contribution in [1.82, 2.24) is 4.98 Å². The molecule has 0 spiro atoms. The zero-order valence-electron chi connectivity index (χ0n) is 8.75. The van der Waals surface area contributed by atoms with Crippen LogP contribution in [0.1, 0.15) is 5.56 Å². The summed E-state index contributed by atoms with van der Waals surface area (Å²) in [7, 11) is 0. The molecule has 2 rings (SSSR count). The average molecular weight is 360 g/mol. The summed E-state index contributed by atoms with van der Waals surface area (Å²) in [5.74, 6) is 0.472. The summed E-state index contributed by atoms with van der Waals surface area (Å²) in [6.45, 7) is 0.390. The number of hydrogen-bond donors (Lipinski definition) is 1. The van der Waals surface area contributed by atoms with Crippen LogP contribution in [0.3, 0.4) is 0 Å². The molecule has 0 saturated heterocycles. The number of nitrogens with zero attached hydrogens (tertiary/aromatic N) is 1. The lowest BCUT2D eigenvalue weighted by Gasteiger charge is -2.08. The Labute approximate surface area is 116 Å². The Bertz CT molecular complexity index is 532. The highest BCUT2D eigenvalue weighted by Gasteiger charge is 2.04. The molecule has 0 saturated carbocycles. The van der Waals surface area contributed by atoms with E-state index < -0.39 is 0 Å². The van der Waals surface area contributed by atoms with E-state index >= 15 is 0 Å². The van der Waals surface area contributed by atoms with Gasteiger partial charge in [-0.25, -0.2) is 9.37 Å². The van der Waals surface area contributed by atoms with E-state index in [2.05, 4.69) is 42.2 Å². The van der Waals surface area contributed by atoms with Crippen LogP contribution in [0.15, 0.2) is 45.5 Å². The maximum absolute atomic E-state index is 13.5. The number of hydrogen-bond acceptors (Lipinski definition) is 2. The molecule has 0 unspecified atom stereocenters. The van der Waals surface area contributed by atoms with Gasteiger partial charge in [-0.2, -0.15) is 0 Å². The molecule has 0 aliphatic carbocycles. The van der Waals surface area contributed by atoms with Crippen LogP contribution in [0.2, 0.25) is 0 Å². The fraction of sp³-hybridized carbons (Fsp3) is 0.0833. The van der Waals surface area contributed by atoms with Crippen molar-refractivity contribution >= 4 is 37.7 Å². The first-order chi connectivity index (χ1) is 8.16. The highest BCUT2D eigenvalue weighted by molar-refractivity contribution is 9.10. The number of benzene rings is 1. The second-order valence-corrected chi connectivity index (χ2v) is 5.19. The third-order valence-electron chi connectivity index (χ3n) is 2.21. The third-order valence-corrected chi connectivity index (χ3v) is 3.35. The van der Waals surface area contributed by atoms with Gasteiger partial charge in [-0.05, 0) is 46.3 Å². The van der Waals surface area contributed by atoms with E-state index in [4.69, 9.17) is 0 Å². The molecular formula is C12H9Br2FN2. The smallest absolute Gasteiger partial charge is 0.140 e. The molecule has 0 aliphatic heterocycles. The summed E-state index contributed by atoms with van der Waals surface area (Å²) in [6.07, 6.45) is 1.68. The lowest BCUT2D eigenvalue weighted by Crippen LogP contribution is -2.03. The van der Waals surface area contributed by atoms with Gasteiger partial charge in [0.2, 0.25) is 0 Å². The molecule has 1 aromatic carbocycles. The molecule has 17 heavy (non-hydrogen) atoms. The predicted molar refractivity (Wildman–Crippen MR) is 73.4 cm³/mol. The van der Waals surface area contributed by atoms with Crippen LogP contribution in [0.5, 0.6) is 0 Å². The molecule has 88 valence electrons. The van der Waals surface area contributed by atoms with Gasteiger partial charge in [-0.3, -0.25) is 0 Å². The zero-order chi connectivity index (χ0) is 12.3. The Hall–Kier alpha value is -0.940. The molecule has 2 nitrogen and oxygen atoms in total. The van der Waals surface area contributed by atoms with E-state index in [1.807, 2.05) is 12.1 Å². The first-order valence-corrected chi connectivity index (χ1v) is 6.54. The van der Waals surface area contributed by atoms with Crippen LogP contribution in [0, 0.1) is 5.82 Å². The molecule has 1 aromatic heterocycles. The van der Waals surface area contributed by atoms with Crippen molar-refractivity contribution in [2.45, 2.75) is 6.54 Å². The second kappa shape index (κ2) is 5.60. The van der Waals surface area contributed by atoms with Crippen molar-refractivity contribution in [3.05, 3.63) is 56.9 Å². The summed E-state index contributed by atoms with van der Waals surface area (Å²) < 4.78 is 15.2. The van der Waals surface area contributed by atoms with Crippen molar-refractivity contribution in [2.75, 3.05) is 5.32 Å². The number of aromatic nitrogens is 1. The van der Waals surface area contributed by atoms with Gasteiger partial charge in [-0.1, -0.05) is 15.9 Å². The summed E-state index contributed by atoms with van der Waals surface area (Å²) in [5, 5.41) is 3.08. The molecule has 1 N–H and O–H groups in total. The van der Waals surface area contributed by atoms with Crippen LogP contribution in [-0.2, 0) is 6.54 Å². The zero-order valence-corrected chi connectivity index (χ0v) is 11.9. The third kappa shape index (κ3) is 3.26. The number of nitrogens with one attached hydrogen (secondary N) is 1. The van der Waals surface area contributed by atoms with Crippen molar-refractivity contribution in [1.29, 1.82) is 0 Å². The fourth-order valence-corrected chi connectivity index (χ4v) is 2.18. The number of anilines is 1. The van der Waals surface area contributed by atoms with Gasteiger partial charge in [0.25, 0.3) is 0 Å². The van der Waals surface area contributed by atoms with Gasteiger partial charge < -0.3 is 5.32 Å². The molecule has 0 bridgehead atoms. The van der Waals surface area contributed by atoms with Gasteiger partial charge in [0, 0.05) is 22.8 Å². The molecule has 2 aromatic rings. The normalized spacial score (nSPS) is 10.3. The summed E-state index contributed by atoms with van der Waals surface area (Å²) in [6, 6.07) is 8.57. The van der Waals surface area contributed by atoms with E-state index in [1.165, 1.54) is 6.07 Å². The Morgan fingerprint density at radius 3 is 2.82 bits per heavy atom. The molecule has 0 aliphatic rings. The SMILES string of the molecule is Fc1ccc(Br)cc1CNc1ncccc1Br. The predicted octanol–water partition coefficient (Wildman–Crippen LogP) is 4.36. The van der Waals surface area contributed by atoms with Gasteiger partial charge in [0.05, 0.1) is 4.47 Å². The molecule has 0 fully saturated rings. The quantitative estimate of drug-likeness (QED) is 0.880. The molecule has 1 heterocycles. The van der Waals surface area contributed by atoms with E-state index in [0.29, 0.717) is 17.9 Å². The second-order valence-electron chi connectivity index (χ2n) is 3.42. The Balaban J connectivity index is 2.12. The van der Waals surface area contributed by atoms with Crippen LogP contribution in [-0.4, -0.2) is 4.98 Å². The summed E-state index contributed by atoms with van der Waals surface area (Å²) in [5.41, 5.74) is 0.594. The first-order valence-electron chi connectivity index (χ1n) is 4.95. The van der Waals surface area contributed by atoms with Crippen molar-refractivity contribution in [3.63, 3.8) is 0 Å². The van der Waals surface area contributed by atoms with Gasteiger partial charge in [0.1, 0.15) is 11.6 Å². The Kier molecular flexibility index (Phi) is 4.12. The lowest BCUT2D eigenvalue weighted by molar-refractivity contribution is 0.612. The highest BCUT2D eigenvalue weighted by Crippen LogP contribution is 2.21. The van der Waals surface area contributed by atoms with Crippen molar-refractivity contribution in [2.24, 2.45) is 0 Å². The monoisotopic (exact) mass is 358 g/mol. The van der Waals surface area contributed by atoms with Gasteiger partial charge in [0.15, 0.2) is 0 Å². The molecular weight excluding hydrogens is 351 g/mol. The maximum Gasteiger partial charge on any atom is 0.140 e. The fourth-order valence-electron chi connectivity index (χ4n) is 1.37. The average Bonchev–Trinajstić information content (AvgIpc) is 2.32. The summed E-state index contributed by atoms with van der Waals surface area (Å²) >= 11 is 6.69. The minimum absolute atomic E-state index is 0.229. The van der Waals surface area contributed by atoms with Crippen LogP contribution >= 0.6 is 31.9 Å². The largest absolute Gasteiger partial charge is 0.365 e. The molecule has 5 heteroatoms. The molecule has 0 radical (unpaired) electrons. The maximum atomic E-state index is 13.5. The number of halogens is 3. The molecule has 0 atom stereocenters. The van der Waals surface area contributed by atoms with Crippen molar-refractivity contribution in [3.8, 4) is 0 Å². The van der Waals surface area contributed by atoms with Crippen LogP contribution in [0.4, 0.5) is 10.2 Å². The van der Waals surface area contributed by atoms with E-state index in [9.17, 15) is 4.39 Å². The molecule has 0 amide bonds. The minimum atomic E-state index is -0.229. The van der Waals surface area contributed by atoms with Crippen LogP contribution < -0.4 is 5.32 Å². The standard InChI is InChI=1S/C12H9Br2FN2/c13-9-3-4-11(15)8(6-9)7-17-12-10(14)2-1-5-16-12/h1-6H,7H2,(H,16,17). The summed E-state index contributed by atoms with van der Waals surface area (Å²) in [4.78, 5) is 4.15. The lowest BCUT2D eigenvalue weighted by atomic mass is 10.2.